The Balaban J connectivity index is 0.000001000. The van der Waals surface area contributed by atoms with Gasteiger partial charge in [0.15, 0.2) is 0 Å². The molecule has 0 bridgehead atoms. The normalized spacial score (nSPS) is 8.09. The number of benzene rings is 1. The summed E-state index contributed by atoms with van der Waals surface area (Å²) in [6.07, 6.45) is 0. The van der Waals surface area contributed by atoms with Gasteiger partial charge in [-0.3, -0.25) is 0 Å². The number of hydrogen-bond acceptors (Lipinski definition) is 1. The van der Waals surface area contributed by atoms with Crippen molar-refractivity contribution in [3.8, 4) is 0 Å². The summed E-state index contributed by atoms with van der Waals surface area (Å²) in [7, 11) is 1.50. The molecule has 1 amide bonds. The van der Waals surface area contributed by atoms with Crippen molar-refractivity contribution < 1.29 is 24.3 Å². The fraction of sp³-hybridized carbons (Fsp3) is 0.125. The van der Waals surface area contributed by atoms with Crippen LogP contribution in [0.3, 0.4) is 0 Å². The quantitative estimate of drug-likeness (QED) is 0.683. The largest absolute Gasteiger partial charge is 1.00 e. The second-order valence-corrected chi connectivity index (χ2v) is 1.89. The van der Waals surface area contributed by atoms with E-state index in [1.54, 1.807) is 12.1 Å². The third-order valence-corrected chi connectivity index (χ3v) is 1.22. The van der Waals surface area contributed by atoms with Gasteiger partial charge in [-0.05, 0) is 5.56 Å². The van der Waals surface area contributed by atoms with E-state index in [0.717, 1.165) is 0 Å². The minimum Gasteiger partial charge on any atom is -0.652 e. The first-order valence-electron chi connectivity index (χ1n) is 3.04. The van der Waals surface area contributed by atoms with Crippen LogP contribution in [0.1, 0.15) is 10.4 Å². The van der Waals surface area contributed by atoms with Crippen LogP contribution in [0.2, 0.25) is 0 Å². The van der Waals surface area contributed by atoms with E-state index < -0.39 is 0 Å². The van der Waals surface area contributed by atoms with E-state index in [0.29, 0.717) is 5.56 Å². The van der Waals surface area contributed by atoms with Crippen LogP contribution in [0.5, 0.6) is 0 Å². The maximum Gasteiger partial charge on any atom is 1.00 e. The molecule has 0 N–H and O–H groups in total. The van der Waals surface area contributed by atoms with Crippen molar-refractivity contribution in [2.75, 3.05) is 7.05 Å². The van der Waals surface area contributed by atoms with Crippen LogP contribution in [-0.2, 0) is 19.5 Å². The van der Waals surface area contributed by atoms with Gasteiger partial charge in [0.25, 0.3) is 0 Å². The Morgan fingerprint density at radius 2 is 1.82 bits per heavy atom. The van der Waals surface area contributed by atoms with Crippen LogP contribution in [0.25, 0.3) is 5.32 Å². The van der Waals surface area contributed by atoms with Crippen LogP contribution in [0.15, 0.2) is 30.3 Å². The molecular weight excluding hydrogens is 227 g/mol. The Morgan fingerprint density at radius 3 is 2.27 bits per heavy atom. The van der Waals surface area contributed by atoms with Crippen LogP contribution in [-0.4, -0.2) is 13.0 Å². The molecule has 2 nitrogen and oxygen atoms in total. The molecule has 11 heavy (non-hydrogen) atoms. The van der Waals surface area contributed by atoms with Gasteiger partial charge in [0.2, 0.25) is 0 Å². The summed E-state index contributed by atoms with van der Waals surface area (Å²) in [5, 5.41) is 3.52. The van der Waals surface area contributed by atoms with Crippen molar-refractivity contribution in [2.45, 2.75) is 0 Å². The van der Waals surface area contributed by atoms with Crippen LogP contribution >= 0.6 is 0 Å². The number of amides is 1. The predicted molar refractivity (Wildman–Crippen MR) is 40.1 cm³/mol. The third-order valence-electron chi connectivity index (χ3n) is 1.22. The summed E-state index contributed by atoms with van der Waals surface area (Å²) in [6.45, 7) is 0. The van der Waals surface area contributed by atoms with Crippen molar-refractivity contribution in [2.24, 2.45) is 0 Å². The van der Waals surface area contributed by atoms with Crippen LogP contribution < -0.4 is 0 Å². The molecule has 0 fully saturated rings. The van der Waals surface area contributed by atoms with E-state index in [4.69, 9.17) is 0 Å². The first-order valence-corrected chi connectivity index (χ1v) is 3.04. The first-order chi connectivity index (χ1) is 4.84. The fourth-order valence-corrected chi connectivity index (χ4v) is 0.710. The average Bonchev–Trinajstić information content (AvgIpc) is 2.05. The predicted octanol–water partition coefficient (Wildman–Crippen LogP) is 1.83. The maximum absolute atomic E-state index is 10.8. The molecular formula is C8H8NORu. The molecule has 0 aliphatic carbocycles. The minimum absolute atomic E-state index is 0. The van der Waals surface area contributed by atoms with Gasteiger partial charge >= 0.3 is 19.5 Å². The van der Waals surface area contributed by atoms with E-state index in [9.17, 15) is 4.79 Å². The zero-order valence-electron chi connectivity index (χ0n) is 6.10. The number of hydrogen-bond donors (Lipinski definition) is 0. The summed E-state index contributed by atoms with van der Waals surface area (Å²) in [6, 6.07) is 8.99. The van der Waals surface area contributed by atoms with Crippen molar-refractivity contribution in [3.63, 3.8) is 0 Å². The van der Waals surface area contributed by atoms with Gasteiger partial charge < -0.3 is 10.1 Å². The second-order valence-electron chi connectivity index (χ2n) is 1.89. The Bertz CT molecular complexity index is 223. The molecule has 0 unspecified atom stereocenters. The molecule has 0 heterocycles. The van der Waals surface area contributed by atoms with E-state index in [2.05, 4.69) is 5.32 Å². The summed E-state index contributed by atoms with van der Waals surface area (Å²) in [4.78, 5) is 10.8. The zero-order chi connectivity index (χ0) is 7.40. The zero-order valence-corrected chi connectivity index (χ0v) is 7.83. The molecule has 3 heteroatoms. The molecule has 1 rings (SSSR count). The van der Waals surface area contributed by atoms with Crippen LogP contribution in [0.4, 0.5) is 0 Å². The Morgan fingerprint density at radius 1 is 1.27 bits per heavy atom. The number of rotatable bonds is 1. The summed E-state index contributed by atoms with van der Waals surface area (Å²) >= 11 is 0. The molecule has 0 atom stereocenters. The fourth-order valence-electron chi connectivity index (χ4n) is 0.710. The molecule has 0 aliphatic rings. The Hall–Kier alpha value is -0.687. The molecule has 1 aromatic carbocycles. The first kappa shape index (κ1) is 10.3. The molecule has 0 aromatic heterocycles. The average molecular weight is 235 g/mol. The van der Waals surface area contributed by atoms with E-state index in [-0.39, 0.29) is 25.4 Å². The monoisotopic (exact) mass is 236 g/mol. The van der Waals surface area contributed by atoms with E-state index >= 15 is 0 Å². The van der Waals surface area contributed by atoms with E-state index in [1.165, 1.54) is 7.05 Å². The van der Waals surface area contributed by atoms with Gasteiger partial charge in [0, 0.05) is 0 Å². The topological polar surface area (TPSA) is 31.2 Å². The van der Waals surface area contributed by atoms with Gasteiger partial charge in [-0.2, -0.15) is 0 Å². The molecule has 0 aliphatic heterocycles. The summed E-state index contributed by atoms with van der Waals surface area (Å²) < 4.78 is 0. The second kappa shape index (κ2) is 5.03. The van der Waals surface area contributed by atoms with E-state index in [1.807, 2.05) is 18.2 Å². The van der Waals surface area contributed by atoms with Crippen molar-refractivity contribution in [1.82, 2.24) is 0 Å². The smallest absolute Gasteiger partial charge is 0.652 e. The standard InChI is InChI=1S/C8H9NO.Ru/c1-9-8(10)7-5-3-2-4-6-7;/h2-6H,1H3,(H,9,10);/q;+1/p-1. The molecule has 0 saturated carbocycles. The SMILES string of the molecule is C[N-]C(=O)c1ccccc1.[Ru+]. The minimum atomic E-state index is -0.166. The van der Waals surface area contributed by atoms with Crippen molar-refractivity contribution in [3.05, 3.63) is 41.2 Å². The summed E-state index contributed by atoms with van der Waals surface area (Å²) in [5.41, 5.74) is 0.644. The van der Waals surface area contributed by atoms with Gasteiger partial charge in [-0.15, -0.1) is 7.05 Å². The van der Waals surface area contributed by atoms with Gasteiger partial charge in [-0.25, -0.2) is 0 Å². The van der Waals surface area contributed by atoms with Gasteiger partial charge in [-0.1, -0.05) is 30.3 Å². The maximum atomic E-state index is 10.8. The number of carbonyl (C=O) groups excluding carboxylic acids is 1. The third kappa shape index (κ3) is 2.81. The molecule has 0 saturated heterocycles. The van der Waals surface area contributed by atoms with Crippen molar-refractivity contribution >= 4 is 5.91 Å². The molecule has 1 aromatic rings. The Kier molecular flexibility index (Phi) is 4.72. The molecule has 1 radical (unpaired) electrons. The number of carbonyl (C=O) groups is 1. The van der Waals surface area contributed by atoms with Crippen LogP contribution in [0, 0.1) is 0 Å². The molecule has 59 valence electrons. The van der Waals surface area contributed by atoms with Gasteiger partial charge in [0.05, 0.1) is 5.91 Å². The molecule has 0 spiro atoms. The van der Waals surface area contributed by atoms with Crippen molar-refractivity contribution in [1.29, 1.82) is 0 Å². The van der Waals surface area contributed by atoms with Gasteiger partial charge in [0.1, 0.15) is 0 Å². The number of nitrogens with zero attached hydrogens (tertiary/aromatic N) is 1. The Labute approximate surface area is 78.8 Å². The summed E-state index contributed by atoms with van der Waals surface area (Å²) in [5.74, 6) is -0.166.